The van der Waals surface area contributed by atoms with E-state index in [9.17, 15) is 4.79 Å². The first-order chi connectivity index (χ1) is 7.24. The zero-order valence-electron chi connectivity index (χ0n) is 11.3. The third-order valence-corrected chi connectivity index (χ3v) is 4.53. The Kier molecular flexibility index (Phi) is 2.60. The van der Waals surface area contributed by atoms with Crippen molar-refractivity contribution >= 4 is 5.91 Å². The second kappa shape index (κ2) is 3.48. The fourth-order valence-corrected chi connectivity index (χ4v) is 3.04. The van der Waals surface area contributed by atoms with Crippen LogP contribution in [0.4, 0.5) is 0 Å². The van der Waals surface area contributed by atoms with Crippen molar-refractivity contribution in [1.82, 2.24) is 4.90 Å². The lowest BCUT2D eigenvalue weighted by atomic mass is 9.76. The van der Waals surface area contributed by atoms with Crippen LogP contribution in [-0.4, -0.2) is 23.9 Å². The summed E-state index contributed by atoms with van der Waals surface area (Å²) in [6, 6.07) is 0. The van der Waals surface area contributed by atoms with Crippen LogP contribution in [0.3, 0.4) is 0 Å². The van der Waals surface area contributed by atoms with E-state index in [1.165, 1.54) is 0 Å². The third-order valence-electron chi connectivity index (χ3n) is 4.53. The molecule has 2 atom stereocenters. The van der Waals surface area contributed by atoms with E-state index in [2.05, 4.69) is 39.5 Å². The maximum Gasteiger partial charge on any atom is 0.228 e. The highest BCUT2D eigenvalue weighted by molar-refractivity contribution is 5.85. The summed E-state index contributed by atoms with van der Waals surface area (Å²) in [6.07, 6.45) is 2.19. The van der Waals surface area contributed by atoms with Gasteiger partial charge in [0, 0.05) is 18.5 Å². The molecule has 1 aliphatic carbocycles. The molecule has 0 aromatic rings. The SMILES string of the molecule is CC1CN(C(=O)C2(C)CC2)CC1C(C)(C)C. The first-order valence-electron chi connectivity index (χ1n) is 6.53. The van der Waals surface area contributed by atoms with Crippen molar-refractivity contribution in [2.45, 2.75) is 47.5 Å². The lowest BCUT2D eigenvalue weighted by molar-refractivity contribution is -0.135. The summed E-state index contributed by atoms with van der Waals surface area (Å²) in [7, 11) is 0. The first-order valence-corrected chi connectivity index (χ1v) is 6.53. The molecule has 1 heterocycles. The Morgan fingerprint density at radius 2 is 1.81 bits per heavy atom. The fraction of sp³-hybridized carbons (Fsp3) is 0.929. The number of carbonyl (C=O) groups excluding carboxylic acids is 1. The summed E-state index contributed by atoms with van der Waals surface area (Å²) >= 11 is 0. The summed E-state index contributed by atoms with van der Waals surface area (Å²) in [5.74, 6) is 1.70. The van der Waals surface area contributed by atoms with Crippen molar-refractivity contribution in [3.8, 4) is 0 Å². The molecular formula is C14H25NO. The molecule has 2 rings (SSSR count). The predicted octanol–water partition coefficient (Wildman–Crippen LogP) is 2.93. The van der Waals surface area contributed by atoms with E-state index in [4.69, 9.17) is 0 Å². The average Bonchev–Trinajstić information content (AvgIpc) is 2.75. The molecule has 2 nitrogen and oxygen atoms in total. The lowest BCUT2D eigenvalue weighted by Gasteiger charge is -2.30. The van der Waals surface area contributed by atoms with Crippen molar-refractivity contribution in [3.05, 3.63) is 0 Å². The molecule has 1 saturated heterocycles. The number of hydrogen-bond donors (Lipinski definition) is 0. The quantitative estimate of drug-likeness (QED) is 0.669. The Morgan fingerprint density at radius 3 is 2.19 bits per heavy atom. The van der Waals surface area contributed by atoms with Crippen LogP contribution in [0.25, 0.3) is 0 Å². The van der Waals surface area contributed by atoms with Crippen molar-refractivity contribution in [3.63, 3.8) is 0 Å². The van der Waals surface area contributed by atoms with Crippen LogP contribution in [0.5, 0.6) is 0 Å². The van der Waals surface area contributed by atoms with Gasteiger partial charge in [0.1, 0.15) is 0 Å². The highest BCUT2D eigenvalue weighted by Gasteiger charge is 2.50. The van der Waals surface area contributed by atoms with Gasteiger partial charge in [-0.25, -0.2) is 0 Å². The predicted molar refractivity (Wildman–Crippen MR) is 66.0 cm³/mol. The van der Waals surface area contributed by atoms with Gasteiger partial charge in [0.25, 0.3) is 0 Å². The highest BCUT2D eigenvalue weighted by atomic mass is 16.2. The van der Waals surface area contributed by atoms with Gasteiger partial charge in [-0.1, -0.05) is 34.6 Å². The molecule has 2 fully saturated rings. The molecule has 0 bridgehead atoms. The van der Waals surface area contributed by atoms with Gasteiger partial charge in [0.2, 0.25) is 5.91 Å². The number of likely N-dealkylation sites (tertiary alicyclic amines) is 1. The molecule has 1 saturated carbocycles. The van der Waals surface area contributed by atoms with Crippen molar-refractivity contribution < 1.29 is 4.79 Å². The average molecular weight is 223 g/mol. The Labute approximate surface area is 99.4 Å². The van der Waals surface area contributed by atoms with Crippen LogP contribution < -0.4 is 0 Å². The topological polar surface area (TPSA) is 20.3 Å². The number of nitrogens with zero attached hydrogens (tertiary/aromatic N) is 1. The number of amides is 1. The minimum atomic E-state index is 0.00644. The monoisotopic (exact) mass is 223 g/mol. The Morgan fingerprint density at radius 1 is 1.25 bits per heavy atom. The van der Waals surface area contributed by atoms with E-state index in [1.54, 1.807) is 0 Å². The van der Waals surface area contributed by atoms with Crippen molar-refractivity contribution in [2.75, 3.05) is 13.1 Å². The van der Waals surface area contributed by atoms with Crippen LogP contribution in [0.2, 0.25) is 0 Å². The molecule has 1 aliphatic heterocycles. The maximum absolute atomic E-state index is 12.3. The van der Waals surface area contributed by atoms with Gasteiger partial charge in [0.15, 0.2) is 0 Å². The molecule has 2 aliphatic rings. The lowest BCUT2D eigenvalue weighted by Crippen LogP contribution is -2.35. The van der Waals surface area contributed by atoms with Crippen LogP contribution in [0.1, 0.15) is 47.5 Å². The minimum absolute atomic E-state index is 0.00644. The van der Waals surface area contributed by atoms with E-state index in [0.717, 1.165) is 25.9 Å². The molecule has 16 heavy (non-hydrogen) atoms. The van der Waals surface area contributed by atoms with Crippen LogP contribution in [0, 0.1) is 22.7 Å². The fourth-order valence-electron chi connectivity index (χ4n) is 3.04. The number of carbonyl (C=O) groups is 1. The highest BCUT2D eigenvalue weighted by Crippen LogP contribution is 2.48. The smallest absolute Gasteiger partial charge is 0.228 e. The van der Waals surface area contributed by atoms with Gasteiger partial charge in [-0.2, -0.15) is 0 Å². The van der Waals surface area contributed by atoms with E-state index in [1.807, 2.05) is 0 Å². The Balaban J connectivity index is 2.04. The van der Waals surface area contributed by atoms with Crippen molar-refractivity contribution in [1.29, 1.82) is 0 Å². The zero-order chi connectivity index (χ0) is 12.1. The standard InChI is InChI=1S/C14H25NO/c1-10-8-15(9-11(10)13(2,3)4)12(16)14(5)6-7-14/h10-11H,6-9H2,1-5H3. The molecule has 0 radical (unpaired) electrons. The second-order valence-corrected chi connectivity index (χ2v) is 7.22. The van der Waals surface area contributed by atoms with Gasteiger partial charge in [-0.05, 0) is 30.1 Å². The summed E-state index contributed by atoms with van der Waals surface area (Å²) in [4.78, 5) is 14.4. The zero-order valence-corrected chi connectivity index (χ0v) is 11.3. The second-order valence-electron chi connectivity index (χ2n) is 7.22. The molecule has 0 aromatic heterocycles. The van der Waals surface area contributed by atoms with Crippen LogP contribution >= 0.6 is 0 Å². The Hall–Kier alpha value is -0.530. The molecule has 2 unspecified atom stereocenters. The molecule has 0 spiro atoms. The molecular weight excluding hydrogens is 198 g/mol. The summed E-state index contributed by atoms with van der Waals surface area (Å²) in [5, 5.41) is 0. The maximum atomic E-state index is 12.3. The third kappa shape index (κ3) is 1.99. The summed E-state index contributed by atoms with van der Waals surface area (Å²) < 4.78 is 0. The molecule has 92 valence electrons. The van der Waals surface area contributed by atoms with Gasteiger partial charge in [-0.3, -0.25) is 4.79 Å². The minimum Gasteiger partial charge on any atom is -0.342 e. The first kappa shape index (κ1) is 11.9. The van der Waals surface area contributed by atoms with Gasteiger partial charge >= 0.3 is 0 Å². The van der Waals surface area contributed by atoms with E-state index < -0.39 is 0 Å². The van der Waals surface area contributed by atoms with E-state index in [-0.39, 0.29) is 5.41 Å². The number of hydrogen-bond acceptors (Lipinski definition) is 1. The largest absolute Gasteiger partial charge is 0.342 e. The molecule has 0 N–H and O–H groups in total. The van der Waals surface area contributed by atoms with E-state index >= 15 is 0 Å². The number of rotatable bonds is 1. The van der Waals surface area contributed by atoms with Gasteiger partial charge in [-0.15, -0.1) is 0 Å². The molecule has 0 aromatic carbocycles. The van der Waals surface area contributed by atoms with Gasteiger partial charge < -0.3 is 4.90 Å². The van der Waals surface area contributed by atoms with Crippen molar-refractivity contribution in [2.24, 2.45) is 22.7 Å². The van der Waals surface area contributed by atoms with Gasteiger partial charge in [0.05, 0.1) is 0 Å². The van der Waals surface area contributed by atoms with Crippen LogP contribution in [-0.2, 0) is 4.79 Å². The normalized spacial score (nSPS) is 32.9. The summed E-state index contributed by atoms with van der Waals surface area (Å²) in [6.45, 7) is 13.2. The Bertz CT molecular complexity index is 298. The molecule has 2 heteroatoms. The van der Waals surface area contributed by atoms with Crippen LogP contribution in [0.15, 0.2) is 0 Å². The molecule has 1 amide bonds. The van der Waals surface area contributed by atoms with E-state index in [0.29, 0.717) is 23.2 Å². The summed E-state index contributed by atoms with van der Waals surface area (Å²) in [5.41, 5.74) is 0.325.